The average molecular weight is 217 g/mol. The van der Waals surface area contributed by atoms with Gasteiger partial charge in [0.2, 0.25) is 0 Å². The minimum atomic E-state index is -0.948. The molecule has 0 atom stereocenters. The van der Waals surface area contributed by atoms with Gasteiger partial charge in [0.15, 0.2) is 0 Å². The topological polar surface area (TPSA) is 68.0 Å². The first-order valence-corrected chi connectivity index (χ1v) is 4.82. The monoisotopic (exact) mass is 217 g/mol. The second-order valence-electron chi connectivity index (χ2n) is 3.47. The highest BCUT2D eigenvalue weighted by Gasteiger charge is 2.08. The van der Waals surface area contributed by atoms with Crippen molar-refractivity contribution in [2.75, 3.05) is 0 Å². The van der Waals surface area contributed by atoms with Gasteiger partial charge in [0.1, 0.15) is 11.6 Å². The summed E-state index contributed by atoms with van der Waals surface area (Å²) < 4.78 is 1.63. The van der Waals surface area contributed by atoms with E-state index in [0.29, 0.717) is 11.5 Å². The summed E-state index contributed by atoms with van der Waals surface area (Å²) in [6.07, 6.45) is 0. The number of aromatic nitrogens is 3. The van der Waals surface area contributed by atoms with Crippen molar-refractivity contribution in [3.63, 3.8) is 0 Å². The van der Waals surface area contributed by atoms with E-state index in [9.17, 15) is 4.79 Å². The van der Waals surface area contributed by atoms with Crippen LogP contribution in [-0.4, -0.2) is 25.8 Å². The van der Waals surface area contributed by atoms with Crippen LogP contribution in [-0.2, 0) is 0 Å². The minimum absolute atomic E-state index is 0.241. The summed E-state index contributed by atoms with van der Waals surface area (Å²) in [7, 11) is 0. The minimum Gasteiger partial charge on any atom is -0.478 e. The standard InChI is InChI=1S/C11H11N3O2/c1-7-12-8(2)14(13-7)10-5-3-4-9(6-10)11(15)16/h3-6H,1-2H3,(H,15,16). The molecule has 1 N–H and O–H groups in total. The molecule has 0 aliphatic carbocycles. The van der Waals surface area contributed by atoms with Gasteiger partial charge in [-0.1, -0.05) is 6.07 Å². The van der Waals surface area contributed by atoms with Crippen LogP contribution in [0.25, 0.3) is 5.69 Å². The Morgan fingerprint density at radius 2 is 2.12 bits per heavy atom. The van der Waals surface area contributed by atoms with E-state index in [4.69, 9.17) is 5.11 Å². The van der Waals surface area contributed by atoms with Gasteiger partial charge in [-0.15, -0.1) is 0 Å². The molecule has 0 unspecified atom stereocenters. The first-order chi connectivity index (χ1) is 7.58. The zero-order valence-electron chi connectivity index (χ0n) is 9.01. The van der Waals surface area contributed by atoms with Crippen molar-refractivity contribution >= 4 is 5.97 Å². The van der Waals surface area contributed by atoms with E-state index in [1.165, 1.54) is 0 Å². The van der Waals surface area contributed by atoms with Crippen LogP contribution in [0.2, 0.25) is 0 Å². The number of nitrogens with zero attached hydrogens (tertiary/aromatic N) is 3. The molecule has 2 rings (SSSR count). The van der Waals surface area contributed by atoms with Gasteiger partial charge in [0.25, 0.3) is 0 Å². The highest BCUT2D eigenvalue weighted by Crippen LogP contribution is 2.11. The average Bonchev–Trinajstić information content (AvgIpc) is 2.58. The lowest BCUT2D eigenvalue weighted by molar-refractivity contribution is 0.0697. The number of carboxylic acids is 1. The van der Waals surface area contributed by atoms with Crippen LogP contribution in [0.5, 0.6) is 0 Å². The largest absolute Gasteiger partial charge is 0.478 e. The number of aryl methyl sites for hydroxylation is 2. The Morgan fingerprint density at radius 1 is 1.38 bits per heavy atom. The zero-order valence-corrected chi connectivity index (χ0v) is 9.01. The van der Waals surface area contributed by atoms with Crippen LogP contribution in [0.15, 0.2) is 24.3 Å². The zero-order chi connectivity index (χ0) is 11.7. The number of benzene rings is 1. The van der Waals surface area contributed by atoms with Gasteiger partial charge in [0, 0.05) is 0 Å². The quantitative estimate of drug-likeness (QED) is 0.829. The first-order valence-electron chi connectivity index (χ1n) is 4.82. The fourth-order valence-electron chi connectivity index (χ4n) is 1.54. The summed E-state index contributed by atoms with van der Waals surface area (Å²) >= 11 is 0. The summed E-state index contributed by atoms with van der Waals surface area (Å²) in [6.45, 7) is 3.62. The molecule has 82 valence electrons. The molecule has 0 amide bonds. The number of hydrogen-bond donors (Lipinski definition) is 1. The van der Waals surface area contributed by atoms with Crippen molar-refractivity contribution in [1.29, 1.82) is 0 Å². The van der Waals surface area contributed by atoms with Crippen LogP contribution in [0.1, 0.15) is 22.0 Å². The number of hydrogen-bond acceptors (Lipinski definition) is 3. The van der Waals surface area contributed by atoms with Crippen molar-refractivity contribution in [2.45, 2.75) is 13.8 Å². The Kier molecular flexibility index (Phi) is 2.44. The van der Waals surface area contributed by atoms with E-state index in [2.05, 4.69) is 10.1 Å². The lowest BCUT2D eigenvalue weighted by Crippen LogP contribution is -2.02. The summed E-state index contributed by atoms with van der Waals surface area (Å²) in [5.74, 6) is 0.453. The highest BCUT2D eigenvalue weighted by molar-refractivity contribution is 5.88. The lowest BCUT2D eigenvalue weighted by Gasteiger charge is -2.03. The maximum absolute atomic E-state index is 10.8. The van der Waals surface area contributed by atoms with Crippen molar-refractivity contribution < 1.29 is 9.90 Å². The molecule has 0 aliphatic heterocycles. The highest BCUT2D eigenvalue weighted by atomic mass is 16.4. The molecule has 1 aromatic carbocycles. The molecule has 16 heavy (non-hydrogen) atoms. The van der Waals surface area contributed by atoms with Crippen molar-refractivity contribution in [3.05, 3.63) is 41.5 Å². The molecule has 1 aromatic heterocycles. The summed E-state index contributed by atoms with van der Waals surface area (Å²) in [5, 5.41) is 13.1. The second-order valence-corrected chi connectivity index (χ2v) is 3.47. The third kappa shape index (κ3) is 1.79. The van der Waals surface area contributed by atoms with Gasteiger partial charge < -0.3 is 5.11 Å². The molecule has 0 bridgehead atoms. The second kappa shape index (κ2) is 3.77. The molecule has 0 fully saturated rings. The fourth-order valence-corrected chi connectivity index (χ4v) is 1.54. The van der Waals surface area contributed by atoms with Gasteiger partial charge in [-0.2, -0.15) is 5.10 Å². The molecule has 5 heteroatoms. The van der Waals surface area contributed by atoms with Crippen LogP contribution < -0.4 is 0 Å². The van der Waals surface area contributed by atoms with Crippen molar-refractivity contribution in [2.24, 2.45) is 0 Å². The Labute approximate surface area is 92.4 Å². The van der Waals surface area contributed by atoms with E-state index in [0.717, 1.165) is 5.82 Å². The van der Waals surface area contributed by atoms with E-state index in [1.807, 2.05) is 6.92 Å². The molecule has 0 saturated heterocycles. The molecule has 0 radical (unpaired) electrons. The van der Waals surface area contributed by atoms with E-state index in [1.54, 1.807) is 35.9 Å². The maximum atomic E-state index is 10.8. The Hall–Kier alpha value is -2.17. The summed E-state index contributed by atoms with van der Waals surface area (Å²) in [5.41, 5.74) is 0.947. The van der Waals surface area contributed by atoms with Gasteiger partial charge in [-0.3, -0.25) is 0 Å². The summed E-state index contributed by atoms with van der Waals surface area (Å²) in [4.78, 5) is 15.0. The lowest BCUT2D eigenvalue weighted by atomic mass is 10.2. The van der Waals surface area contributed by atoms with Gasteiger partial charge in [0.05, 0.1) is 11.3 Å². The first kappa shape index (κ1) is 10.4. The van der Waals surface area contributed by atoms with E-state index >= 15 is 0 Å². The predicted octanol–water partition coefficient (Wildman–Crippen LogP) is 1.58. The van der Waals surface area contributed by atoms with Gasteiger partial charge in [-0.25, -0.2) is 14.5 Å². The van der Waals surface area contributed by atoms with Crippen LogP contribution >= 0.6 is 0 Å². The molecule has 0 spiro atoms. The molecule has 5 nitrogen and oxygen atoms in total. The molecule has 1 heterocycles. The third-order valence-electron chi connectivity index (χ3n) is 2.21. The Balaban J connectivity index is 2.52. The number of aromatic carboxylic acids is 1. The van der Waals surface area contributed by atoms with Crippen molar-refractivity contribution in [3.8, 4) is 5.69 Å². The molecule has 0 aliphatic rings. The number of carbonyl (C=O) groups is 1. The summed E-state index contributed by atoms with van der Waals surface area (Å²) in [6, 6.07) is 6.61. The predicted molar refractivity (Wildman–Crippen MR) is 57.8 cm³/mol. The van der Waals surface area contributed by atoms with Gasteiger partial charge in [-0.05, 0) is 32.0 Å². The van der Waals surface area contributed by atoms with Gasteiger partial charge >= 0.3 is 5.97 Å². The van der Waals surface area contributed by atoms with Crippen LogP contribution in [0.4, 0.5) is 0 Å². The van der Waals surface area contributed by atoms with E-state index < -0.39 is 5.97 Å². The normalized spacial score (nSPS) is 10.4. The molecule has 2 aromatic rings. The Bertz CT molecular complexity index is 546. The number of carboxylic acid groups (broad SMARTS) is 1. The molecular weight excluding hydrogens is 206 g/mol. The van der Waals surface area contributed by atoms with Crippen LogP contribution in [0, 0.1) is 13.8 Å². The van der Waals surface area contributed by atoms with Crippen molar-refractivity contribution in [1.82, 2.24) is 14.8 Å². The SMILES string of the molecule is Cc1nc(C)n(-c2cccc(C(=O)O)c2)n1. The Morgan fingerprint density at radius 3 is 2.69 bits per heavy atom. The number of rotatable bonds is 2. The molecule has 0 saturated carbocycles. The van der Waals surface area contributed by atoms with Crippen LogP contribution in [0.3, 0.4) is 0 Å². The molecular formula is C11H11N3O2. The van der Waals surface area contributed by atoms with E-state index in [-0.39, 0.29) is 5.56 Å². The smallest absolute Gasteiger partial charge is 0.335 e. The maximum Gasteiger partial charge on any atom is 0.335 e. The fraction of sp³-hybridized carbons (Fsp3) is 0.182. The third-order valence-corrected chi connectivity index (χ3v) is 2.21.